The van der Waals surface area contributed by atoms with Crippen molar-refractivity contribution in [3.8, 4) is 17.1 Å². The van der Waals surface area contributed by atoms with Gasteiger partial charge in [0.25, 0.3) is 5.56 Å². The Morgan fingerprint density at radius 2 is 2.14 bits per heavy atom. The van der Waals surface area contributed by atoms with E-state index in [9.17, 15) is 9.90 Å². The van der Waals surface area contributed by atoms with Gasteiger partial charge in [-0.25, -0.2) is 4.98 Å². The molecule has 0 saturated heterocycles. The molecule has 0 bridgehead atoms. The van der Waals surface area contributed by atoms with Crippen LogP contribution in [0.2, 0.25) is 5.02 Å². The molecule has 186 valence electrons. The third-order valence-electron chi connectivity index (χ3n) is 6.24. The van der Waals surface area contributed by atoms with Crippen molar-refractivity contribution in [2.45, 2.75) is 19.4 Å². The minimum Gasteiger partial charge on any atom is -0.495 e. The van der Waals surface area contributed by atoms with E-state index in [2.05, 4.69) is 31.2 Å². The molecule has 10 heteroatoms. The maximum absolute atomic E-state index is 12.9. The van der Waals surface area contributed by atoms with Crippen LogP contribution < -0.4 is 20.5 Å². The average molecular weight is 507 g/mol. The number of nitrogens with one attached hydrogen (secondary N) is 3. The van der Waals surface area contributed by atoms with Crippen LogP contribution in [0.3, 0.4) is 0 Å². The zero-order valence-electron chi connectivity index (χ0n) is 20.0. The van der Waals surface area contributed by atoms with Crippen molar-refractivity contribution in [1.82, 2.24) is 15.0 Å². The van der Waals surface area contributed by atoms with Gasteiger partial charge in [-0.15, -0.1) is 0 Å². The Labute approximate surface area is 212 Å². The SMILES string of the molecule is COc1ccc([C@H](O)CNc2cc[nH]c(=O)c2-c2nc3c(C)cc(N4C=NCCC4)cc3[nH]2)cc1Cl. The van der Waals surface area contributed by atoms with Gasteiger partial charge in [0.15, 0.2) is 0 Å². The second-order valence-corrected chi connectivity index (χ2v) is 9.11. The van der Waals surface area contributed by atoms with Gasteiger partial charge < -0.3 is 30.0 Å². The van der Waals surface area contributed by atoms with E-state index >= 15 is 0 Å². The number of aliphatic imine (C=N–C) groups is 1. The average Bonchev–Trinajstić information content (AvgIpc) is 3.32. The molecule has 5 rings (SSSR count). The van der Waals surface area contributed by atoms with Crippen molar-refractivity contribution in [3.63, 3.8) is 0 Å². The first-order chi connectivity index (χ1) is 17.4. The van der Waals surface area contributed by atoms with Gasteiger partial charge in [0.1, 0.15) is 17.1 Å². The molecule has 2 aromatic heterocycles. The number of benzene rings is 2. The predicted molar refractivity (Wildman–Crippen MR) is 144 cm³/mol. The fourth-order valence-electron chi connectivity index (χ4n) is 4.37. The summed E-state index contributed by atoms with van der Waals surface area (Å²) in [7, 11) is 1.54. The summed E-state index contributed by atoms with van der Waals surface area (Å²) < 4.78 is 5.18. The number of fused-ring (bicyclic) bond motifs is 1. The van der Waals surface area contributed by atoms with E-state index in [0.29, 0.717) is 33.4 Å². The van der Waals surface area contributed by atoms with Crippen molar-refractivity contribution in [2.75, 3.05) is 37.0 Å². The quantitative estimate of drug-likeness (QED) is 0.297. The Morgan fingerprint density at radius 3 is 2.89 bits per heavy atom. The number of nitrogens with zero attached hydrogens (tertiary/aromatic N) is 3. The van der Waals surface area contributed by atoms with E-state index < -0.39 is 6.10 Å². The Kier molecular flexibility index (Phi) is 6.67. The molecule has 0 saturated carbocycles. The topological polar surface area (TPSA) is 119 Å². The number of aliphatic hydroxyl groups is 1. The zero-order chi connectivity index (χ0) is 25.2. The second kappa shape index (κ2) is 10.0. The molecule has 3 heterocycles. The molecule has 0 unspecified atom stereocenters. The molecule has 4 N–H and O–H groups in total. The van der Waals surface area contributed by atoms with E-state index in [-0.39, 0.29) is 12.1 Å². The largest absolute Gasteiger partial charge is 0.495 e. The number of pyridine rings is 1. The van der Waals surface area contributed by atoms with Gasteiger partial charge in [-0.1, -0.05) is 17.7 Å². The summed E-state index contributed by atoms with van der Waals surface area (Å²) in [6.07, 6.45) is 3.58. The molecule has 0 amide bonds. The highest BCUT2D eigenvalue weighted by atomic mass is 35.5. The summed E-state index contributed by atoms with van der Waals surface area (Å²) in [6, 6.07) is 11.0. The summed E-state index contributed by atoms with van der Waals surface area (Å²) in [4.78, 5) is 30.2. The van der Waals surface area contributed by atoms with Gasteiger partial charge >= 0.3 is 0 Å². The minimum atomic E-state index is -0.854. The van der Waals surface area contributed by atoms with Crippen LogP contribution in [0.5, 0.6) is 5.75 Å². The second-order valence-electron chi connectivity index (χ2n) is 8.70. The Balaban J connectivity index is 1.44. The summed E-state index contributed by atoms with van der Waals surface area (Å²) in [5.74, 6) is 0.984. The molecule has 0 spiro atoms. The number of aromatic nitrogens is 3. The fourth-order valence-corrected chi connectivity index (χ4v) is 4.64. The van der Waals surface area contributed by atoms with Crippen LogP contribution in [0.25, 0.3) is 22.4 Å². The van der Waals surface area contributed by atoms with Gasteiger partial charge in [-0.3, -0.25) is 9.79 Å². The molecule has 2 aromatic carbocycles. The first-order valence-corrected chi connectivity index (χ1v) is 12.1. The van der Waals surface area contributed by atoms with E-state index in [1.807, 2.05) is 19.3 Å². The van der Waals surface area contributed by atoms with Crippen LogP contribution in [0.15, 0.2) is 52.4 Å². The number of aromatic amines is 2. The highest BCUT2D eigenvalue weighted by molar-refractivity contribution is 6.32. The van der Waals surface area contributed by atoms with Gasteiger partial charge in [-0.05, 0) is 54.8 Å². The summed E-state index contributed by atoms with van der Waals surface area (Å²) in [5.41, 5.74) is 4.92. The number of H-pyrrole nitrogens is 2. The van der Waals surface area contributed by atoms with E-state index in [4.69, 9.17) is 21.3 Å². The molecule has 4 aromatic rings. The van der Waals surface area contributed by atoms with E-state index in [1.165, 1.54) is 7.11 Å². The van der Waals surface area contributed by atoms with Crippen molar-refractivity contribution in [2.24, 2.45) is 4.99 Å². The maximum Gasteiger partial charge on any atom is 0.261 e. The highest BCUT2D eigenvalue weighted by Crippen LogP contribution is 2.31. The van der Waals surface area contributed by atoms with Gasteiger partial charge in [0, 0.05) is 31.5 Å². The first kappa shape index (κ1) is 23.9. The molecule has 1 aliphatic rings. The molecule has 9 nitrogen and oxygen atoms in total. The number of aryl methyl sites for hydroxylation is 1. The fraction of sp³-hybridized carbons (Fsp3) is 0.269. The first-order valence-electron chi connectivity index (χ1n) is 11.7. The Hall–Kier alpha value is -3.82. The predicted octanol–water partition coefficient (Wildman–Crippen LogP) is 4.27. The maximum atomic E-state index is 12.9. The number of aliphatic hydroxyl groups excluding tert-OH is 1. The van der Waals surface area contributed by atoms with Gasteiger partial charge in [-0.2, -0.15) is 0 Å². The standard InChI is InChI=1S/C26H27ClN6O3/c1-15-10-17(33-9-3-7-28-14-33)12-20-24(15)32-25(31-20)23-19(6-8-29-26(23)35)30-13-21(34)16-4-5-22(36-2)18(27)11-16/h4-6,8,10-12,14,21,34H,3,7,9,13H2,1-2H3,(H,31,32)(H2,29,30,35)/t21-/m1/s1. The smallest absolute Gasteiger partial charge is 0.261 e. The molecule has 36 heavy (non-hydrogen) atoms. The van der Waals surface area contributed by atoms with Crippen molar-refractivity contribution < 1.29 is 9.84 Å². The van der Waals surface area contributed by atoms with Crippen molar-refractivity contribution in [3.05, 3.63) is 69.1 Å². The number of imidazole rings is 1. The molecule has 0 radical (unpaired) electrons. The van der Waals surface area contributed by atoms with Crippen LogP contribution in [0, 0.1) is 6.92 Å². The molecule has 0 aliphatic carbocycles. The lowest BCUT2D eigenvalue weighted by Gasteiger charge is -2.22. The van der Waals surface area contributed by atoms with Crippen LogP contribution in [-0.2, 0) is 0 Å². The lowest BCUT2D eigenvalue weighted by Crippen LogP contribution is -2.26. The van der Waals surface area contributed by atoms with Crippen molar-refractivity contribution in [1.29, 1.82) is 0 Å². The Bertz CT molecular complexity index is 1500. The van der Waals surface area contributed by atoms with Crippen LogP contribution in [0.4, 0.5) is 11.4 Å². The number of anilines is 2. The molecule has 0 fully saturated rings. The molecular formula is C26H27ClN6O3. The number of methoxy groups -OCH3 is 1. The van der Waals surface area contributed by atoms with Crippen LogP contribution >= 0.6 is 11.6 Å². The summed E-state index contributed by atoms with van der Waals surface area (Å²) >= 11 is 6.20. The van der Waals surface area contributed by atoms with Gasteiger partial charge in [0.05, 0.1) is 41.3 Å². The van der Waals surface area contributed by atoms with Crippen LogP contribution in [-0.4, -0.2) is 53.1 Å². The number of rotatable bonds is 7. The third kappa shape index (κ3) is 4.67. The summed E-state index contributed by atoms with van der Waals surface area (Å²) in [5, 5.41) is 14.3. The van der Waals surface area contributed by atoms with E-state index in [1.54, 1.807) is 30.5 Å². The molecule has 1 aliphatic heterocycles. The Morgan fingerprint density at radius 1 is 1.28 bits per heavy atom. The number of hydrogen-bond donors (Lipinski definition) is 4. The van der Waals surface area contributed by atoms with Gasteiger partial charge in [0.2, 0.25) is 0 Å². The number of ether oxygens (including phenoxy) is 1. The van der Waals surface area contributed by atoms with Crippen molar-refractivity contribution >= 4 is 40.3 Å². The third-order valence-corrected chi connectivity index (χ3v) is 6.54. The lowest BCUT2D eigenvalue weighted by molar-refractivity contribution is 0.191. The zero-order valence-corrected chi connectivity index (χ0v) is 20.8. The monoisotopic (exact) mass is 506 g/mol. The van der Waals surface area contributed by atoms with Crippen LogP contribution in [0.1, 0.15) is 23.7 Å². The molecular weight excluding hydrogens is 480 g/mol. The normalized spacial score (nSPS) is 14.3. The van der Waals surface area contributed by atoms with E-state index in [0.717, 1.165) is 41.8 Å². The number of hydrogen-bond acceptors (Lipinski definition) is 7. The molecule has 1 atom stereocenters. The number of halogens is 1. The highest BCUT2D eigenvalue weighted by Gasteiger charge is 2.18. The lowest BCUT2D eigenvalue weighted by atomic mass is 10.1. The minimum absolute atomic E-state index is 0.164. The summed E-state index contributed by atoms with van der Waals surface area (Å²) in [6.45, 7) is 3.92.